The molecule has 0 aliphatic rings. The molecule has 0 aliphatic carbocycles. The standard InChI is InChI=1S/C46H27NOS.C44H27NOS.C42H25NOS/c1-2-16-32(17-3-1)47(37-26-30-14-6-10-20-35(30)43-41-33-18-8-4-12-28(33)22-24-39(41)48-45(37)43)38-27-31-15-7-11-21-36(31)44-42-34-19-9-5-13-29(34)23-25-40(42)49-46(38)44;1-2-10-28(11-3-1)29-20-24-32(25-21-29)45(37-18-8-16-35-41-33-14-6-4-12-30(33)22-26-39(41)46-43(35)37)38-19-9-17-36-42-34-15-7-5-13-31(34)23-27-40(42)47-44(36)38;1-2-12-29-25-30(22-19-26(29)9-1)43(35-17-7-15-33-39-31-13-5-3-10-27(31)20-23-37(39)44-41(33)35)36-18-8-16-34-40-32-14-6-4-11-28(32)21-24-38(40)45-42(34)36/h1-27H;1-27H;1-25H. The van der Waals surface area contributed by atoms with Crippen LogP contribution < -0.4 is 14.7 Å². The van der Waals surface area contributed by atoms with Crippen LogP contribution in [0.2, 0.25) is 0 Å². The van der Waals surface area contributed by atoms with Crippen molar-refractivity contribution in [1.29, 1.82) is 0 Å². The minimum Gasteiger partial charge on any atom is -0.454 e. The maximum atomic E-state index is 7.00. The summed E-state index contributed by atoms with van der Waals surface area (Å²) < 4.78 is 28.2. The molecule has 141 heavy (non-hydrogen) atoms. The van der Waals surface area contributed by atoms with Gasteiger partial charge in [-0.2, -0.15) is 0 Å². The third-order valence-corrected chi connectivity index (χ3v) is 32.4. The van der Waals surface area contributed by atoms with E-state index in [1.165, 1.54) is 169 Å². The van der Waals surface area contributed by atoms with Gasteiger partial charge >= 0.3 is 0 Å². The number of anilines is 9. The smallest absolute Gasteiger partial charge is 0.160 e. The molecule has 0 atom stereocenters. The molecule has 0 aliphatic heterocycles. The first-order valence-electron chi connectivity index (χ1n) is 47.9. The highest BCUT2D eigenvalue weighted by Gasteiger charge is 2.31. The van der Waals surface area contributed by atoms with Crippen molar-refractivity contribution in [3.63, 3.8) is 0 Å². The second kappa shape index (κ2) is 32.5. The topological polar surface area (TPSA) is 49.1 Å². The normalized spacial score (nSPS) is 12.0. The van der Waals surface area contributed by atoms with Crippen molar-refractivity contribution < 1.29 is 13.3 Å². The molecule has 6 nitrogen and oxygen atoms in total. The average molecular weight is 1850 g/mol. The lowest BCUT2D eigenvalue weighted by molar-refractivity contribution is 0.669. The van der Waals surface area contributed by atoms with Crippen LogP contribution in [0, 0.1) is 0 Å². The van der Waals surface area contributed by atoms with Gasteiger partial charge in [-0.15, -0.1) is 34.0 Å². The molecule has 0 amide bonds. The predicted octanol–water partition coefficient (Wildman–Crippen LogP) is 40.3. The molecule has 31 rings (SSSR count). The second-order valence-electron chi connectivity index (χ2n) is 36.6. The average Bonchev–Trinajstić information content (AvgIpc) is 1.57. The van der Waals surface area contributed by atoms with Gasteiger partial charge < -0.3 is 28.0 Å². The number of furan rings is 3. The van der Waals surface area contributed by atoms with Crippen molar-refractivity contribution in [2.45, 2.75) is 0 Å². The van der Waals surface area contributed by atoms with E-state index in [4.69, 9.17) is 13.3 Å². The molecule has 0 N–H and O–H groups in total. The van der Waals surface area contributed by atoms with E-state index < -0.39 is 0 Å². The fourth-order valence-corrected chi connectivity index (χ4v) is 26.2. The summed E-state index contributed by atoms with van der Waals surface area (Å²) in [6.07, 6.45) is 0. The van der Waals surface area contributed by atoms with Crippen LogP contribution in [-0.4, -0.2) is 0 Å². The summed E-state index contributed by atoms with van der Waals surface area (Å²) >= 11 is 5.60. The Hall–Kier alpha value is -17.7. The highest BCUT2D eigenvalue weighted by atomic mass is 32.1. The largest absolute Gasteiger partial charge is 0.454 e. The number of benzene rings is 25. The molecule has 6 heterocycles. The quantitative estimate of drug-likeness (QED) is 0.136. The van der Waals surface area contributed by atoms with E-state index in [0.29, 0.717) is 0 Å². The first kappa shape index (κ1) is 80.6. The van der Waals surface area contributed by atoms with Crippen molar-refractivity contribution in [2.24, 2.45) is 0 Å². The van der Waals surface area contributed by atoms with Gasteiger partial charge in [0.25, 0.3) is 0 Å². The Morgan fingerprint density at radius 2 is 0.461 bits per heavy atom. The van der Waals surface area contributed by atoms with Crippen LogP contribution in [-0.2, 0) is 0 Å². The zero-order chi connectivity index (χ0) is 92.4. The van der Waals surface area contributed by atoms with Crippen LogP contribution in [0.3, 0.4) is 0 Å². The summed E-state index contributed by atoms with van der Waals surface area (Å²) in [7, 11) is 0. The maximum absolute atomic E-state index is 7.00. The SMILES string of the molecule is c1ccc(-c2ccc(N(c3cccc4c3oc3ccc5ccccc5c34)c3cccc4c3sc3ccc5ccccc5c34)cc2)cc1.c1ccc(N(c2cc3ccccc3c3c2oc2ccc4ccccc4c23)c2cc3ccccc3c3c2sc2ccc4ccccc4c23)cc1.c1ccc2cc(N(c3cccc4c3oc3ccc5ccccc5c34)c3cccc4c3sc3ccc5ccccc5c34)ccc2c1. The number of hydrogen-bond donors (Lipinski definition) is 0. The van der Waals surface area contributed by atoms with E-state index in [9.17, 15) is 0 Å². The Morgan fingerprint density at radius 1 is 0.149 bits per heavy atom. The zero-order valence-electron chi connectivity index (χ0n) is 75.9. The minimum absolute atomic E-state index is 0.884. The lowest BCUT2D eigenvalue weighted by Gasteiger charge is -2.27. The Kier molecular flexibility index (Phi) is 18.6. The highest BCUT2D eigenvalue weighted by Crippen LogP contribution is 2.57. The van der Waals surface area contributed by atoms with Crippen molar-refractivity contribution in [3.8, 4) is 11.1 Å². The number of rotatable bonds is 10. The molecule has 6 aromatic heterocycles. The van der Waals surface area contributed by atoms with Crippen molar-refractivity contribution in [3.05, 3.63) is 479 Å². The van der Waals surface area contributed by atoms with Crippen LogP contribution >= 0.6 is 34.0 Å². The molecule has 0 bridgehead atoms. The Bertz CT molecular complexity index is 10100. The van der Waals surface area contributed by atoms with Crippen molar-refractivity contribution >= 4 is 308 Å². The molecular formula is C132H79N3O3S3. The summed E-state index contributed by atoms with van der Waals surface area (Å²) in [6, 6.07) is 173. The number of fused-ring (bicyclic) bond motifs is 35. The van der Waals surface area contributed by atoms with Crippen LogP contribution in [0.4, 0.5) is 51.2 Å². The van der Waals surface area contributed by atoms with Gasteiger partial charge in [0.15, 0.2) is 16.7 Å². The van der Waals surface area contributed by atoms with E-state index in [0.717, 1.165) is 117 Å². The molecule has 0 radical (unpaired) electrons. The summed E-state index contributed by atoms with van der Waals surface area (Å²) in [4.78, 5) is 7.23. The Balaban J connectivity index is 0.000000101. The van der Waals surface area contributed by atoms with Crippen molar-refractivity contribution in [2.75, 3.05) is 14.7 Å². The summed E-state index contributed by atoms with van der Waals surface area (Å²) in [5.41, 5.74) is 17.5. The molecule has 31 aromatic rings. The number of nitrogens with zero attached hydrogens (tertiary/aromatic N) is 3. The molecule has 0 fully saturated rings. The van der Waals surface area contributed by atoms with Gasteiger partial charge in [0, 0.05) is 95.8 Å². The van der Waals surface area contributed by atoms with Gasteiger partial charge in [0.05, 0.1) is 48.2 Å². The number of thiophene rings is 3. The maximum Gasteiger partial charge on any atom is 0.160 e. The van der Waals surface area contributed by atoms with Gasteiger partial charge in [-0.3, -0.25) is 0 Å². The third kappa shape index (κ3) is 12.9. The molecule has 0 unspecified atom stereocenters. The predicted molar refractivity (Wildman–Crippen MR) is 607 cm³/mol. The van der Waals surface area contributed by atoms with Gasteiger partial charge in [-0.05, 0) is 217 Å². The van der Waals surface area contributed by atoms with E-state index in [1.807, 2.05) is 34.0 Å². The Labute approximate surface area is 820 Å². The van der Waals surface area contributed by atoms with Crippen LogP contribution in [0.15, 0.2) is 492 Å². The summed E-state index contributed by atoms with van der Waals surface area (Å²) in [5, 5.41) is 36.9. The van der Waals surface area contributed by atoms with E-state index in [-0.39, 0.29) is 0 Å². The lowest BCUT2D eigenvalue weighted by Crippen LogP contribution is -2.10. The molecule has 25 aromatic carbocycles. The highest BCUT2D eigenvalue weighted by molar-refractivity contribution is 7.27. The van der Waals surface area contributed by atoms with Crippen LogP contribution in [0.1, 0.15) is 0 Å². The van der Waals surface area contributed by atoms with Gasteiger partial charge in [0.2, 0.25) is 0 Å². The third-order valence-electron chi connectivity index (χ3n) is 28.8. The number of hydrogen-bond acceptors (Lipinski definition) is 9. The van der Waals surface area contributed by atoms with Gasteiger partial charge in [0.1, 0.15) is 16.7 Å². The molecule has 658 valence electrons. The second-order valence-corrected chi connectivity index (χ2v) is 39.8. The molecule has 0 spiro atoms. The first-order valence-corrected chi connectivity index (χ1v) is 50.3. The van der Waals surface area contributed by atoms with Crippen LogP contribution in [0.5, 0.6) is 0 Å². The molecule has 9 heteroatoms. The van der Waals surface area contributed by atoms with Gasteiger partial charge in [-0.25, -0.2) is 0 Å². The van der Waals surface area contributed by atoms with Gasteiger partial charge in [-0.1, -0.05) is 370 Å². The van der Waals surface area contributed by atoms with Crippen molar-refractivity contribution in [1.82, 2.24) is 0 Å². The van der Waals surface area contributed by atoms with E-state index in [1.54, 1.807) is 0 Å². The fraction of sp³-hybridized carbons (Fsp3) is 0. The van der Waals surface area contributed by atoms with Crippen LogP contribution in [0.25, 0.3) is 234 Å². The minimum atomic E-state index is 0.884. The zero-order valence-corrected chi connectivity index (χ0v) is 78.4. The molecular weight excluding hydrogens is 1770 g/mol. The van der Waals surface area contributed by atoms with E-state index in [2.05, 4.69) is 494 Å². The molecule has 0 saturated carbocycles. The first-order chi connectivity index (χ1) is 69.9. The number of para-hydroxylation sites is 3. The Morgan fingerprint density at radius 3 is 0.957 bits per heavy atom. The van der Waals surface area contributed by atoms with E-state index >= 15 is 0 Å². The summed E-state index contributed by atoms with van der Waals surface area (Å²) in [5.74, 6) is 0. The monoisotopic (exact) mass is 1850 g/mol. The fourth-order valence-electron chi connectivity index (χ4n) is 22.5. The molecule has 0 saturated heterocycles. The summed E-state index contributed by atoms with van der Waals surface area (Å²) in [6.45, 7) is 0. The lowest BCUT2D eigenvalue weighted by atomic mass is 9.97.